The minimum absolute atomic E-state index is 0.0645. The zero-order chi connectivity index (χ0) is 18.0. The molecule has 4 rings (SSSR count). The van der Waals surface area contributed by atoms with E-state index in [4.69, 9.17) is 4.74 Å². The maximum atomic E-state index is 11.4. The van der Waals surface area contributed by atoms with Gasteiger partial charge in [0.25, 0.3) is 0 Å². The van der Waals surface area contributed by atoms with Crippen molar-refractivity contribution in [2.24, 2.45) is 0 Å². The second kappa shape index (κ2) is 7.95. The Balaban J connectivity index is 1.45. The quantitative estimate of drug-likeness (QED) is 0.832. The van der Waals surface area contributed by atoms with Gasteiger partial charge in [0.05, 0.1) is 25.4 Å². The largest absolute Gasteiger partial charge is 0.390 e. The number of nitrogens with one attached hydrogen (secondary N) is 1. The van der Waals surface area contributed by atoms with Crippen LogP contribution in [0.3, 0.4) is 0 Å². The number of ether oxygens (including phenoxy) is 1. The van der Waals surface area contributed by atoms with Gasteiger partial charge in [-0.2, -0.15) is 0 Å². The standard InChI is InChI=1S/C21H33N3O2/c1-23(11-4-12-24-13-15-26-16-14-24)19-17-5-2-3-6-18(17)21(20(19)25)7-9-22-10-8-21/h2-3,5-6,19-20,22,25H,4,7-16H2,1H3/t19-,20+/m1/s1. The van der Waals surface area contributed by atoms with Crippen molar-refractivity contribution < 1.29 is 9.84 Å². The van der Waals surface area contributed by atoms with Crippen LogP contribution in [0, 0.1) is 0 Å². The van der Waals surface area contributed by atoms with E-state index in [-0.39, 0.29) is 17.6 Å². The summed E-state index contributed by atoms with van der Waals surface area (Å²) in [5.74, 6) is 0. The number of fused-ring (bicyclic) bond motifs is 2. The highest BCUT2D eigenvalue weighted by Crippen LogP contribution is 2.51. The Morgan fingerprint density at radius 3 is 2.73 bits per heavy atom. The highest BCUT2D eigenvalue weighted by Gasteiger charge is 2.52. The molecule has 1 spiro atoms. The van der Waals surface area contributed by atoms with Gasteiger partial charge in [-0.1, -0.05) is 24.3 Å². The van der Waals surface area contributed by atoms with E-state index in [1.54, 1.807) is 0 Å². The molecular weight excluding hydrogens is 326 g/mol. The SMILES string of the molecule is CN(CCCN1CCOCC1)[C@@H]1c2ccccc2C2(CCNCC2)[C@H]1O. The van der Waals surface area contributed by atoms with Crippen LogP contribution in [0.1, 0.15) is 36.4 Å². The molecular formula is C21H33N3O2. The second-order valence-corrected chi connectivity index (χ2v) is 8.17. The molecule has 2 N–H and O–H groups in total. The van der Waals surface area contributed by atoms with Crippen LogP contribution in [-0.4, -0.2) is 80.5 Å². The second-order valence-electron chi connectivity index (χ2n) is 8.17. The lowest BCUT2D eigenvalue weighted by Gasteiger charge is -2.40. The molecule has 0 amide bonds. The summed E-state index contributed by atoms with van der Waals surface area (Å²) < 4.78 is 5.44. The van der Waals surface area contributed by atoms with Crippen molar-refractivity contribution >= 4 is 0 Å². The van der Waals surface area contributed by atoms with Crippen molar-refractivity contribution in [1.82, 2.24) is 15.1 Å². The fraction of sp³-hybridized carbons (Fsp3) is 0.714. The van der Waals surface area contributed by atoms with Gasteiger partial charge >= 0.3 is 0 Å². The summed E-state index contributed by atoms with van der Waals surface area (Å²) in [4.78, 5) is 4.88. The molecule has 2 heterocycles. The first-order chi connectivity index (χ1) is 12.7. The van der Waals surface area contributed by atoms with Crippen molar-refractivity contribution in [2.45, 2.75) is 36.8 Å². The minimum atomic E-state index is -0.310. The van der Waals surface area contributed by atoms with E-state index in [2.05, 4.69) is 46.4 Å². The molecule has 0 aromatic heterocycles. The van der Waals surface area contributed by atoms with Crippen LogP contribution in [0.15, 0.2) is 24.3 Å². The third kappa shape index (κ3) is 3.32. The molecule has 2 aliphatic heterocycles. The molecule has 1 aliphatic carbocycles. The predicted octanol–water partition coefficient (Wildman–Crippen LogP) is 1.38. The molecule has 5 heteroatoms. The van der Waals surface area contributed by atoms with Gasteiger partial charge in [0.15, 0.2) is 0 Å². The van der Waals surface area contributed by atoms with E-state index in [0.29, 0.717) is 0 Å². The maximum absolute atomic E-state index is 11.4. The first-order valence-electron chi connectivity index (χ1n) is 10.2. The third-order valence-electron chi connectivity index (χ3n) is 6.74. The Morgan fingerprint density at radius 2 is 1.96 bits per heavy atom. The van der Waals surface area contributed by atoms with Crippen molar-refractivity contribution in [2.75, 3.05) is 59.5 Å². The van der Waals surface area contributed by atoms with Crippen molar-refractivity contribution in [1.29, 1.82) is 0 Å². The topological polar surface area (TPSA) is 48.0 Å². The summed E-state index contributed by atoms with van der Waals surface area (Å²) in [6, 6.07) is 8.87. The number of nitrogens with zero attached hydrogens (tertiary/aromatic N) is 2. The van der Waals surface area contributed by atoms with Gasteiger partial charge in [-0.05, 0) is 63.6 Å². The normalized spacial score (nSPS) is 28.6. The maximum Gasteiger partial charge on any atom is 0.0834 e. The summed E-state index contributed by atoms with van der Waals surface area (Å²) in [5.41, 5.74) is 2.67. The Labute approximate surface area is 157 Å². The van der Waals surface area contributed by atoms with E-state index < -0.39 is 0 Å². The zero-order valence-corrected chi connectivity index (χ0v) is 16.0. The van der Waals surface area contributed by atoms with Crippen LogP contribution in [0.5, 0.6) is 0 Å². The summed E-state index contributed by atoms with van der Waals surface area (Å²) in [6.45, 7) is 7.96. The third-order valence-corrected chi connectivity index (χ3v) is 6.74. The Kier molecular flexibility index (Phi) is 5.62. The monoisotopic (exact) mass is 359 g/mol. The Hall–Kier alpha value is -0.980. The number of benzene rings is 1. The van der Waals surface area contributed by atoms with Crippen LogP contribution in [0.25, 0.3) is 0 Å². The first kappa shape index (κ1) is 18.4. The number of rotatable bonds is 5. The molecule has 5 nitrogen and oxygen atoms in total. The van der Waals surface area contributed by atoms with E-state index in [1.165, 1.54) is 11.1 Å². The zero-order valence-electron chi connectivity index (χ0n) is 16.0. The fourth-order valence-corrected chi connectivity index (χ4v) is 5.26. The average molecular weight is 360 g/mol. The van der Waals surface area contributed by atoms with Gasteiger partial charge in [-0.3, -0.25) is 9.80 Å². The molecule has 1 aromatic carbocycles. The van der Waals surface area contributed by atoms with Gasteiger partial charge in [-0.15, -0.1) is 0 Å². The molecule has 0 bridgehead atoms. The van der Waals surface area contributed by atoms with E-state index >= 15 is 0 Å². The Morgan fingerprint density at radius 1 is 1.23 bits per heavy atom. The number of piperidine rings is 1. The summed E-state index contributed by atoms with van der Waals surface area (Å²) >= 11 is 0. The summed E-state index contributed by atoms with van der Waals surface area (Å²) in [6.07, 6.45) is 2.89. The van der Waals surface area contributed by atoms with Crippen LogP contribution in [0.4, 0.5) is 0 Å². The molecule has 0 radical (unpaired) electrons. The van der Waals surface area contributed by atoms with E-state index in [1.807, 2.05) is 0 Å². The smallest absolute Gasteiger partial charge is 0.0834 e. The number of likely N-dealkylation sites (N-methyl/N-ethyl adjacent to an activating group) is 1. The van der Waals surface area contributed by atoms with Gasteiger partial charge in [0.1, 0.15) is 0 Å². The molecule has 144 valence electrons. The van der Waals surface area contributed by atoms with Gasteiger partial charge in [0, 0.05) is 18.5 Å². The van der Waals surface area contributed by atoms with Gasteiger partial charge in [0.2, 0.25) is 0 Å². The predicted molar refractivity (Wildman–Crippen MR) is 103 cm³/mol. The molecule has 2 fully saturated rings. The molecule has 0 saturated carbocycles. The highest BCUT2D eigenvalue weighted by atomic mass is 16.5. The lowest BCUT2D eigenvalue weighted by atomic mass is 9.72. The average Bonchev–Trinajstić information content (AvgIpc) is 2.92. The van der Waals surface area contributed by atoms with E-state index in [0.717, 1.165) is 71.7 Å². The van der Waals surface area contributed by atoms with Crippen LogP contribution < -0.4 is 5.32 Å². The van der Waals surface area contributed by atoms with Crippen LogP contribution >= 0.6 is 0 Å². The fourth-order valence-electron chi connectivity index (χ4n) is 5.26. The number of hydrogen-bond acceptors (Lipinski definition) is 5. The van der Waals surface area contributed by atoms with Crippen molar-refractivity contribution in [3.8, 4) is 0 Å². The first-order valence-corrected chi connectivity index (χ1v) is 10.2. The minimum Gasteiger partial charge on any atom is -0.390 e. The Bertz CT molecular complexity index is 597. The lowest BCUT2D eigenvalue weighted by Crippen LogP contribution is -2.48. The summed E-state index contributed by atoms with van der Waals surface area (Å²) in [5, 5.41) is 14.9. The molecule has 3 aliphatic rings. The number of morpholine rings is 1. The van der Waals surface area contributed by atoms with Crippen LogP contribution in [-0.2, 0) is 10.2 Å². The van der Waals surface area contributed by atoms with Gasteiger partial charge < -0.3 is 15.2 Å². The molecule has 0 unspecified atom stereocenters. The number of aliphatic hydroxyl groups is 1. The summed E-state index contributed by atoms with van der Waals surface area (Å²) in [7, 11) is 2.18. The molecule has 2 saturated heterocycles. The lowest BCUT2D eigenvalue weighted by molar-refractivity contribution is 0.00355. The number of aliphatic hydroxyl groups excluding tert-OH is 1. The van der Waals surface area contributed by atoms with Crippen molar-refractivity contribution in [3.63, 3.8) is 0 Å². The highest BCUT2D eigenvalue weighted by molar-refractivity contribution is 5.45. The molecule has 26 heavy (non-hydrogen) atoms. The van der Waals surface area contributed by atoms with Crippen LogP contribution in [0.2, 0.25) is 0 Å². The van der Waals surface area contributed by atoms with Gasteiger partial charge in [-0.25, -0.2) is 0 Å². The number of hydrogen-bond donors (Lipinski definition) is 2. The molecule has 1 aromatic rings. The molecule has 2 atom stereocenters. The van der Waals surface area contributed by atoms with Crippen molar-refractivity contribution in [3.05, 3.63) is 35.4 Å². The van der Waals surface area contributed by atoms with E-state index in [9.17, 15) is 5.11 Å².